The van der Waals surface area contributed by atoms with Gasteiger partial charge >= 0.3 is 12.0 Å². The predicted octanol–water partition coefficient (Wildman–Crippen LogP) is 1.71. The fourth-order valence-corrected chi connectivity index (χ4v) is 1.48. The summed E-state index contributed by atoms with van der Waals surface area (Å²) in [7, 11) is 0. The van der Waals surface area contributed by atoms with Crippen LogP contribution in [0, 0.1) is 11.6 Å². The number of halogens is 2. The van der Waals surface area contributed by atoms with Crippen molar-refractivity contribution < 1.29 is 33.3 Å². The minimum absolute atomic E-state index is 0.191. The first-order valence-corrected chi connectivity index (χ1v) is 6.69. The van der Waals surface area contributed by atoms with Gasteiger partial charge in [-0.25, -0.2) is 18.4 Å². The smallest absolute Gasteiger partial charge is 0.337 e. The van der Waals surface area contributed by atoms with Crippen LogP contribution in [-0.4, -0.2) is 40.5 Å². The molecule has 0 bridgehead atoms. The summed E-state index contributed by atoms with van der Waals surface area (Å²) in [6.45, 7) is 3.61. The normalized spacial score (nSPS) is 13.3. The lowest BCUT2D eigenvalue weighted by Crippen LogP contribution is -2.47. The number of nitrogens with one attached hydrogen (secondary N) is 2. The van der Waals surface area contributed by atoms with E-state index in [1.165, 1.54) is 0 Å². The number of amides is 2. The average molecular weight is 332 g/mol. The molecule has 1 aromatic carbocycles. The highest BCUT2D eigenvalue weighted by molar-refractivity contribution is 5.90. The van der Waals surface area contributed by atoms with Crippen LogP contribution in [-0.2, 0) is 4.79 Å². The third kappa shape index (κ3) is 5.37. The van der Waals surface area contributed by atoms with Gasteiger partial charge in [0.2, 0.25) is 0 Å². The Morgan fingerprint density at radius 2 is 1.83 bits per heavy atom. The molecule has 0 aliphatic carbocycles. The molecule has 128 valence electrons. The number of urea groups is 1. The highest BCUT2D eigenvalue weighted by Crippen LogP contribution is 2.26. The van der Waals surface area contributed by atoms with Gasteiger partial charge in [-0.1, -0.05) is 0 Å². The third-order valence-corrected chi connectivity index (χ3v) is 2.66. The predicted molar refractivity (Wildman–Crippen MR) is 77.4 cm³/mol. The van der Waals surface area contributed by atoms with Gasteiger partial charge < -0.3 is 25.6 Å². The van der Waals surface area contributed by atoms with Crippen molar-refractivity contribution in [3.8, 4) is 5.75 Å². The molecule has 23 heavy (non-hydrogen) atoms. The van der Waals surface area contributed by atoms with E-state index in [2.05, 4.69) is 10.6 Å². The van der Waals surface area contributed by atoms with Gasteiger partial charge in [0, 0.05) is 17.8 Å². The van der Waals surface area contributed by atoms with Crippen molar-refractivity contribution in [2.45, 2.75) is 32.5 Å². The fourth-order valence-electron chi connectivity index (χ4n) is 1.48. The maximum Gasteiger partial charge on any atom is 0.337 e. The first-order chi connectivity index (χ1) is 10.5. The summed E-state index contributed by atoms with van der Waals surface area (Å²) in [5, 5.41) is 22.3. The second-order valence-corrected chi connectivity index (χ2v) is 5.32. The van der Waals surface area contributed by atoms with Crippen LogP contribution in [0.2, 0.25) is 0 Å². The summed E-state index contributed by atoms with van der Waals surface area (Å²) in [6.07, 6.45) is -0.431. The number of carbonyl (C=O) groups is 2. The number of hydrogen-bond donors (Lipinski definition) is 4. The first kappa shape index (κ1) is 18.6. The number of rotatable bonds is 6. The minimum Gasteiger partial charge on any atom is -0.485 e. The second kappa shape index (κ2) is 7.23. The zero-order valence-corrected chi connectivity index (χ0v) is 12.8. The van der Waals surface area contributed by atoms with Gasteiger partial charge in [-0.05, 0) is 20.8 Å². The van der Waals surface area contributed by atoms with Crippen LogP contribution in [0.5, 0.6) is 5.75 Å². The Bertz CT molecular complexity index is 582. The quantitative estimate of drug-likeness (QED) is 0.634. The molecule has 0 aliphatic heterocycles. The van der Waals surface area contributed by atoms with Gasteiger partial charge in [-0.3, -0.25) is 0 Å². The highest BCUT2D eigenvalue weighted by Gasteiger charge is 2.30. The van der Waals surface area contributed by atoms with E-state index in [9.17, 15) is 23.5 Å². The molecule has 1 unspecified atom stereocenters. The van der Waals surface area contributed by atoms with Crippen molar-refractivity contribution in [2.75, 3.05) is 11.9 Å². The number of carboxylic acid groups (broad SMARTS) is 1. The Kier molecular flexibility index (Phi) is 5.85. The van der Waals surface area contributed by atoms with Gasteiger partial charge in [-0.2, -0.15) is 0 Å². The molecule has 0 aromatic heterocycles. The Morgan fingerprint density at radius 3 is 2.26 bits per heavy atom. The van der Waals surface area contributed by atoms with E-state index in [0.29, 0.717) is 0 Å². The van der Waals surface area contributed by atoms with Crippen molar-refractivity contribution in [2.24, 2.45) is 0 Å². The molecule has 0 spiro atoms. The largest absolute Gasteiger partial charge is 0.485 e. The molecule has 2 amide bonds. The van der Waals surface area contributed by atoms with Crippen LogP contribution in [0.25, 0.3) is 0 Å². The molecule has 0 saturated carbocycles. The highest BCUT2D eigenvalue weighted by atomic mass is 19.1. The van der Waals surface area contributed by atoms with Gasteiger partial charge in [0.25, 0.3) is 0 Å². The van der Waals surface area contributed by atoms with E-state index in [1.807, 2.05) is 0 Å². The van der Waals surface area contributed by atoms with Crippen molar-refractivity contribution in [3.05, 3.63) is 23.8 Å². The lowest BCUT2D eigenvalue weighted by molar-refractivity contribution is -0.155. The first-order valence-electron chi connectivity index (χ1n) is 6.69. The molecule has 1 atom stereocenters. The second-order valence-electron chi connectivity index (χ2n) is 5.32. The number of benzene rings is 1. The molecule has 0 heterocycles. The van der Waals surface area contributed by atoms with Gasteiger partial charge in [-0.15, -0.1) is 0 Å². The van der Waals surface area contributed by atoms with Crippen LogP contribution in [0.1, 0.15) is 20.8 Å². The monoisotopic (exact) mass is 332 g/mol. The lowest BCUT2D eigenvalue weighted by Gasteiger charge is -2.18. The Morgan fingerprint density at radius 1 is 1.30 bits per heavy atom. The molecule has 0 saturated heterocycles. The standard InChI is InChI=1S/C14H18F2N2O5/c1-7(2)23-11-9(15)4-8(5-10(11)16)18-13(21)17-6-14(3,22)12(19)20/h4-5,7,22H,6H2,1-3H3,(H,19,20)(H2,17,18,21). The molecular weight excluding hydrogens is 314 g/mol. The fraction of sp³-hybridized carbons (Fsp3) is 0.429. The minimum atomic E-state index is -2.16. The summed E-state index contributed by atoms with van der Waals surface area (Å²) < 4.78 is 32.5. The Labute approximate surface area is 131 Å². The molecule has 9 heteroatoms. The molecular formula is C14H18F2N2O5. The number of carboxylic acids is 1. The molecule has 7 nitrogen and oxygen atoms in total. The number of aliphatic hydroxyl groups is 1. The van der Waals surface area contributed by atoms with Gasteiger partial charge in [0.1, 0.15) is 0 Å². The number of carbonyl (C=O) groups excluding carboxylic acids is 1. The van der Waals surface area contributed by atoms with Crippen LogP contribution in [0.4, 0.5) is 19.3 Å². The average Bonchev–Trinajstić information content (AvgIpc) is 2.40. The molecule has 4 N–H and O–H groups in total. The van der Waals surface area contributed by atoms with Crippen LogP contribution in [0.15, 0.2) is 12.1 Å². The molecule has 0 aliphatic rings. The maximum atomic E-state index is 13.7. The van der Waals surface area contributed by atoms with Gasteiger partial charge in [0.15, 0.2) is 23.0 Å². The Hall–Kier alpha value is -2.42. The van der Waals surface area contributed by atoms with Crippen molar-refractivity contribution in [1.29, 1.82) is 0 Å². The van der Waals surface area contributed by atoms with Crippen LogP contribution >= 0.6 is 0 Å². The summed E-state index contributed by atoms with van der Waals surface area (Å²) in [4.78, 5) is 22.2. The lowest BCUT2D eigenvalue weighted by atomic mass is 10.1. The Balaban J connectivity index is 2.74. The maximum absolute atomic E-state index is 13.7. The number of aliphatic carboxylic acids is 1. The molecule has 0 fully saturated rings. The van der Waals surface area contributed by atoms with E-state index < -0.39 is 47.6 Å². The zero-order chi connectivity index (χ0) is 17.8. The number of hydrogen-bond acceptors (Lipinski definition) is 4. The van der Waals surface area contributed by atoms with Crippen LogP contribution < -0.4 is 15.4 Å². The zero-order valence-electron chi connectivity index (χ0n) is 12.8. The van der Waals surface area contributed by atoms with E-state index in [4.69, 9.17) is 9.84 Å². The third-order valence-electron chi connectivity index (χ3n) is 2.66. The number of ether oxygens (including phenoxy) is 1. The van der Waals surface area contributed by atoms with E-state index in [-0.39, 0.29) is 5.69 Å². The van der Waals surface area contributed by atoms with Crippen molar-refractivity contribution in [3.63, 3.8) is 0 Å². The molecule has 1 rings (SSSR count). The van der Waals surface area contributed by atoms with Gasteiger partial charge in [0.05, 0.1) is 12.6 Å². The van der Waals surface area contributed by atoms with Crippen molar-refractivity contribution in [1.82, 2.24) is 5.32 Å². The summed E-state index contributed by atoms with van der Waals surface area (Å²) in [5.74, 6) is -4.07. The summed E-state index contributed by atoms with van der Waals surface area (Å²) >= 11 is 0. The van der Waals surface area contributed by atoms with E-state index in [0.717, 1.165) is 19.1 Å². The summed E-state index contributed by atoms with van der Waals surface area (Å²) in [6, 6.07) is 0.786. The molecule has 0 radical (unpaired) electrons. The van der Waals surface area contributed by atoms with E-state index in [1.54, 1.807) is 13.8 Å². The topological polar surface area (TPSA) is 108 Å². The van der Waals surface area contributed by atoms with Crippen LogP contribution in [0.3, 0.4) is 0 Å². The van der Waals surface area contributed by atoms with E-state index >= 15 is 0 Å². The summed E-state index contributed by atoms with van der Waals surface area (Å²) in [5.41, 5.74) is -2.36. The molecule has 1 aromatic rings. The number of anilines is 1. The SMILES string of the molecule is CC(C)Oc1c(F)cc(NC(=O)NCC(C)(O)C(=O)O)cc1F. The van der Waals surface area contributed by atoms with Crippen molar-refractivity contribution >= 4 is 17.7 Å².